The number of carbonyl (C=O) groups is 1. The van der Waals surface area contributed by atoms with Gasteiger partial charge in [0.25, 0.3) is 5.92 Å². The summed E-state index contributed by atoms with van der Waals surface area (Å²) in [6.45, 7) is -0.881. The molecule has 0 unspecified atom stereocenters. The number of carboxylic acid groups (broad SMARTS) is 1. The maximum atomic E-state index is 12.3. The van der Waals surface area contributed by atoms with Crippen molar-refractivity contribution in [3.05, 3.63) is 0 Å². The maximum absolute atomic E-state index is 12.3. The van der Waals surface area contributed by atoms with Gasteiger partial charge in [0.1, 0.15) is 6.04 Å². The lowest BCUT2D eigenvalue weighted by Gasteiger charge is -2.15. The van der Waals surface area contributed by atoms with Gasteiger partial charge in [-0.25, -0.2) is 8.78 Å². The molecule has 0 saturated carbocycles. The highest BCUT2D eigenvalue weighted by molar-refractivity contribution is 5.73. The van der Waals surface area contributed by atoms with Crippen molar-refractivity contribution in [2.75, 3.05) is 6.54 Å². The minimum absolute atomic E-state index is 0.881. The van der Waals surface area contributed by atoms with Crippen LogP contribution in [0.2, 0.25) is 0 Å². The van der Waals surface area contributed by atoms with E-state index in [0.29, 0.717) is 0 Å². The fourth-order valence-electron chi connectivity index (χ4n) is 0.492. The van der Waals surface area contributed by atoms with Gasteiger partial charge in [0, 0.05) is 6.42 Å². The van der Waals surface area contributed by atoms with Crippen molar-refractivity contribution in [3.63, 3.8) is 0 Å². The van der Waals surface area contributed by atoms with Crippen LogP contribution in [0.15, 0.2) is 0 Å². The molecule has 0 aliphatic rings. The molecule has 0 aliphatic heterocycles. The van der Waals surface area contributed by atoms with E-state index in [0.717, 1.165) is 0 Å². The van der Waals surface area contributed by atoms with Crippen molar-refractivity contribution < 1.29 is 18.7 Å². The van der Waals surface area contributed by atoms with E-state index < -0.39 is 30.9 Å². The molecule has 0 heterocycles. The Kier molecular flexibility index (Phi) is 3.34. The van der Waals surface area contributed by atoms with Crippen LogP contribution in [-0.2, 0) is 4.79 Å². The Morgan fingerprint density at radius 3 is 2.36 bits per heavy atom. The number of hydrogen-bond donors (Lipinski definition) is 3. The standard InChI is InChI=1S/C5H10F2N2O2/c6-5(7,2-8)1-3(9)4(10)11/h3H,1-2,8-9H2,(H,10,11)/t3-/m1/s1. The first-order chi connectivity index (χ1) is 4.89. The molecule has 0 fully saturated rings. The highest BCUT2D eigenvalue weighted by atomic mass is 19.3. The first-order valence-electron chi connectivity index (χ1n) is 2.95. The summed E-state index contributed by atoms with van der Waals surface area (Å²) in [6, 6.07) is -1.55. The molecule has 11 heavy (non-hydrogen) atoms. The number of aliphatic carboxylic acids is 1. The lowest BCUT2D eigenvalue weighted by molar-refractivity contribution is -0.141. The van der Waals surface area contributed by atoms with E-state index in [9.17, 15) is 13.6 Å². The molecule has 0 radical (unpaired) electrons. The van der Waals surface area contributed by atoms with Gasteiger partial charge in [-0.15, -0.1) is 0 Å². The minimum atomic E-state index is -3.18. The molecule has 0 aromatic heterocycles. The Morgan fingerprint density at radius 1 is 1.64 bits per heavy atom. The summed E-state index contributed by atoms with van der Waals surface area (Å²) in [7, 11) is 0. The van der Waals surface area contributed by atoms with E-state index in [1.807, 2.05) is 0 Å². The second-order valence-electron chi connectivity index (χ2n) is 2.21. The van der Waals surface area contributed by atoms with Gasteiger partial charge in [0.15, 0.2) is 0 Å². The van der Waals surface area contributed by atoms with Crippen molar-refractivity contribution in [1.29, 1.82) is 0 Å². The molecular formula is C5H10F2N2O2. The van der Waals surface area contributed by atoms with Gasteiger partial charge in [-0.1, -0.05) is 0 Å². The SMILES string of the molecule is NCC(F)(F)C[C@@H](N)C(=O)O. The molecule has 0 rings (SSSR count). The fraction of sp³-hybridized carbons (Fsp3) is 0.800. The number of alkyl halides is 2. The highest BCUT2D eigenvalue weighted by Gasteiger charge is 2.32. The molecule has 4 nitrogen and oxygen atoms in total. The van der Waals surface area contributed by atoms with E-state index in [2.05, 4.69) is 5.73 Å². The van der Waals surface area contributed by atoms with Crippen molar-refractivity contribution in [1.82, 2.24) is 0 Å². The molecule has 0 amide bonds. The number of hydrogen-bond acceptors (Lipinski definition) is 3. The molecule has 0 aromatic carbocycles. The summed E-state index contributed by atoms with van der Waals surface area (Å²) in [5.74, 6) is -4.63. The largest absolute Gasteiger partial charge is 0.480 e. The van der Waals surface area contributed by atoms with Crippen molar-refractivity contribution in [2.24, 2.45) is 11.5 Å². The van der Waals surface area contributed by atoms with E-state index in [1.54, 1.807) is 0 Å². The van der Waals surface area contributed by atoms with Crippen LogP contribution in [0.5, 0.6) is 0 Å². The Bertz CT molecular complexity index is 151. The zero-order valence-corrected chi connectivity index (χ0v) is 5.76. The molecule has 0 aliphatic carbocycles. The molecule has 0 saturated heterocycles. The van der Waals surface area contributed by atoms with Crippen LogP contribution >= 0.6 is 0 Å². The molecule has 6 heteroatoms. The smallest absolute Gasteiger partial charge is 0.320 e. The number of rotatable bonds is 4. The maximum Gasteiger partial charge on any atom is 0.320 e. The Morgan fingerprint density at radius 2 is 2.09 bits per heavy atom. The van der Waals surface area contributed by atoms with Crippen molar-refractivity contribution in [2.45, 2.75) is 18.4 Å². The van der Waals surface area contributed by atoms with Gasteiger partial charge < -0.3 is 16.6 Å². The summed E-state index contributed by atoms with van der Waals surface area (Å²) in [4.78, 5) is 9.99. The third-order valence-corrected chi connectivity index (χ3v) is 1.13. The molecule has 0 aromatic rings. The van der Waals surface area contributed by atoms with Crippen LogP contribution in [0, 0.1) is 0 Å². The molecule has 5 N–H and O–H groups in total. The third kappa shape index (κ3) is 3.84. The summed E-state index contributed by atoms with van der Waals surface area (Å²) < 4.78 is 24.6. The molecule has 66 valence electrons. The highest BCUT2D eigenvalue weighted by Crippen LogP contribution is 2.17. The average Bonchev–Trinajstić information content (AvgIpc) is 1.87. The van der Waals surface area contributed by atoms with Crippen LogP contribution in [0.1, 0.15) is 6.42 Å². The topological polar surface area (TPSA) is 89.3 Å². The van der Waals surface area contributed by atoms with Crippen LogP contribution in [0.3, 0.4) is 0 Å². The Labute approximate surface area is 62.2 Å². The zero-order valence-electron chi connectivity index (χ0n) is 5.76. The average molecular weight is 168 g/mol. The third-order valence-electron chi connectivity index (χ3n) is 1.13. The molecule has 1 atom stereocenters. The lowest BCUT2D eigenvalue weighted by atomic mass is 10.1. The number of carboxylic acids is 1. The van der Waals surface area contributed by atoms with Crippen molar-refractivity contribution >= 4 is 5.97 Å². The minimum Gasteiger partial charge on any atom is -0.480 e. The summed E-state index contributed by atoms with van der Waals surface area (Å²) >= 11 is 0. The number of halogens is 2. The molecular weight excluding hydrogens is 158 g/mol. The normalized spacial score (nSPS) is 14.5. The quantitative estimate of drug-likeness (QED) is 0.522. The van der Waals surface area contributed by atoms with Gasteiger partial charge in [0.05, 0.1) is 6.54 Å². The van der Waals surface area contributed by atoms with E-state index in [1.165, 1.54) is 0 Å². The predicted molar refractivity (Wildman–Crippen MR) is 34.2 cm³/mol. The Hall–Kier alpha value is -0.750. The van der Waals surface area contributed by atoms with Crippen LogP contribution in [0.25, 0.3) is 0 Å². The zero-order chi connectivity index (χ0) is 9.07. The summed E-state index contributed by atoms with van der Waals surface area (Å²) in [6.07, 6.45) is -0.918. The van der Waals surface area contributed by atoms with Gasteiger partial charge in [-0.2, -0.15) is 0 Å². The van der Waals surface area contributed by atoms with E-state index in [-0.39, 0.29) is 0 Å². The molecule has 0 bridgehead atoms. The monoisotopic (exact) mass is 168 g/mol. The van der Waals surface area contributed by atoms with Gasteiger partial charge in [-0.05, 0) is 0 Å². The first kappa shape index (κ1) is 10.2. The second kappa shape index (κ2) is 3.59. The summed E-state index contributed by atoms with van der Waals surface area (Å²) in [5.41, 5.74) is 9.50. The predicted octanol–water partition coefficient (Wildman–Crippen LogP) is -0.618. The molecule has 0 spiro atoms. The van der Waals surface area contributed by atoms with Gasteiger partial charge >= 0.3 is 5.97 Å². The second-order valence-corrected chi connectivity index (χ2v) is 2.21. The van der Waals surface area contributed by atoms with Crippen LogP contribution < -0.4 is 11.5 Å². The van der Waals surface area contributed by atoms with E-state index in [4.69, 9.17) is 10.8 Å². The van der Waals surface area contributed by atoms with Gasteiger partial charge in [0.2, 0.25) is 0 Å². The fourth-order valence-corrected chi connectivity index (χ4v) is 0.492. The van der Waals surface area contributed by atoms with E-state index >= 15 is 0 Å². The Balaban J connectivity index is 3.93. The number of nitrogens with two attached hydrogens (primary N) is 2. The van der Waals surface area contributed by atoms with Crippen molar-refractivity contribution in [3.8, 4) is 0 Å². The summed E-state index contributed by atoms with van der Waals surface area (Å²) in [5, 5.41) is 8.14. The van der Waals surface area contributed by atoms with Crippen LogP contribution in [0.4, 0.5) is 8.78 Å². The first-order valence-corrected chi connectivity index (χ1v) is 2.95. The van der Waals surface area contributed by atoms with Crippen LogP contribution in [-0.4, -0.2) is 29.6 Å². The van der Waals surface area contributed by atoms with Gasteiger partial charge in [-0.3, -0.25) is 4.79 Å². The lowest BCUT2D eigenvalue weighted by Crippen LogP contribution is -2.40.